The van der Waals surface area contributed by atoms with Crippen molar-refractivity contribution < 1.29 is 0 Å². The summed E-state index contributed by atoms with van der Waals surface area (Å²) in [4.78, 5) is 0. The van der Waals surface area contributed by atoms with E-state index in [-0.39, 0.29) is 0 Å². The molecule has 0 aliphatic carbocycles. The minimum Gasteiger partial charge on any atom is -0.0616 e. The van der Waals surface area contributed by atoms with Crippen LogP contribution in [0.5, 0.6) is 0 Å². The molecule has 0 unspecified atom stereocenters. The Balaban J connectivity index is 1.90. The molecule has 0 aliphatic rings. The van der Waals surface area contributed by atoms with Crippen molar-refractivity contribution >= 4 is 74.9 Å². The van der Waals surface area contributed by atoms with Crippen molar-refractivity contribution in [1.82, 2.24) is 0 Å². The van der Waals surface area contributed by atoms with Gasteiger partial charge in [-0.05, 0) is 72.4 Å². The molecule has 0 radical (unpaired) electrons. The number of hydrogen-bond donors (Lipinski definition) is 0. The largest absolute Gasteiger partial charge is 0.0616 e. The van der Waals surface area contributed by atoms with Gasteiger partial charge in [-0.1, -0.05) is 111 Å². The first kappa shape index (κ1) is 18.1. The number of benzene rings is 6. The number of halogens is 2. The van der Waals surface area contributed by atoms with Gasteiger partial charge in [-0.2, -0.15) is 0 Å². The molecule has 0 aliphatic heterocycles. The van der Waals surface area contributed by atoms with Crippen molar-refractivity contribution in [3.05, 3.63) is 106 Å². The zero-order valence-electron chi connectivity index (χ0n) is 16.0. The number of fused-ring (bicyclic) bond motifs is 5. The first-order chi connectivity index (χ1) is 14.7. The average Bonchev–Trinajstić information content (AvgIpc) is 2.79. The maximum Gasteiger partial charge on any atom is 0.0260 e. The Labute approximate surface area is 191 Å². The van der Waals surface area contributed by atoms with Crippen LogP contribution in [0.4, 0.5) is 0 Å². The third-order valence-corrected chi connectivity index (χ3v) is 7.32. The molecule has 142 valence electrons. The van der Waals surface area contributed by atoms with Crippen LogP contribution >= 0.6 is 31.9 Å². The normalized spacial score (nSPS) is 11.7. The molecular formula is C28H16Br2. The van der Waals surface area contributed by atoms with Gasteiger partial charge in [0.05, 0.1) is 0 Å². The van der Waals surface area contributed by atoms with Gasteiger partial charge < -0.3 is 0 Å². The van der Waals surface area contributed by atoms with Crippen LogP contribution in [0.15, 0.2) is 106 Å². The van der Waals surface area contributed by atoms with Gasteiger partial charge in [-0.15, -0.1) is 0 Å². The number of hydrogen-bond acceptors (Lipinski definition) is 0. The third-order valence-electron chi connectivity index (χ3n) is 5.98. The summed E-state index contributed by atoms with van der Waals surface area (Å²) in [5, 5.41) is 10.1. The van der Waals surface area contributed by atoms with E-state index in [0.29, 0.717) is 0 Å². The Kier molecular flexibility index (Phi) is 4.19. The first-order valence-electron chi connectivity index (χ1n) is 9.93. The highest BCUT2D eigenvalue weighted by Crippen LogP contribution is 2.44. The zero-order valence-corrected chi connectivity index (χ0v) is 19.2. The summed E-state index contributed by atoms with van der Waals surface area (Å²) in [6.07, 6.45) is 0. The van der Waals surface area contributed by atoms with E-state index in [1.165, 1.54) is 54.2 Å². The lowest BCUT2D eigenvalue weighted by Gasteiger charge is -2.17. The Morgan fingerprint density at radius 3 is 1.77 bits per heavy atom. The Hall–Kier alpha value is -2.68. The van der Waals surface area contributed by atoms with Gasteiger partial charge >= 0.3 is 0 Å². The molecule has 6 aromatic carbocycles. The number of rotatable bonds is 1. The highest BCUT2D eigenvalue weighted by Gasteiger charge is 2.16. The monoisotopic (exact) mass is 510 g/mol. The summed E-state index contributed by atoms with van der Waals surface area (Å²) in [6.45, 7) is 0. The predicted molar refractivity (Wildman–Crippen MR) is 137 cm³/mol. The molecule has 6 aromatic rings. The second-order valence-corrected chi connectivity index (χ2v) is 9.32. The molecule has 0 spiro atoms. The first-order valence-corrected chi connectivity index (χ1v) is 11.5. The van der Waals surface area contributed by atoms with Crippen LogP contribution < -0.4 is 0 Å². The van der Waals surface area contributed by atoms with Crippen molar-refractivity contribution in [3.8, 4) is 11.1 Å². The fourth-order valence-electron chi connectivity index (χ4n) is 4.64. The average molecular weight is 512 g/mol. The Morgan fingerprint density at radius 2 is 1.00 bits per heavy atom. The lowest BCUT2D eigenvalue weighted by Crippen LogP contribution is -1.89. The summed E-state index contributed by atoms with van der Waals surface area (Å²) in [7, 11) is 0. The van der Waals surface area contributed by atoms with Crippen LogP contribution in [-0.2, 0) is 0 Å². The lowest BCUT2D eigenvalue weighted by molar-refractivity contribution is 1.68. The highest BCUT2D eigenvalue weighted by molar-refractivity contribution is 9.11. The predicted octanol–water partition coefficient (Wildman–Crippen LogP) is 9.49. The summed E-state index contributed by atoms with van der Waals surface area (Å²) in [5.74, 6) is 0. The molecule has 0 fully saturated rings. The van der Waals surface area contributed by atoms with Crippen molar-refractivity contribution in [2.75, 3.05) is 0 Å². The van der Waals surface area contributed by atoms with Gasteiger partial charge in [-0.25, -0.2) is 0 Å². The summed E-state index contributed by atoms with van der Waals surface area (Å²) < 4.78 is 2.25. The van der Waals surface area contributed by atoms with E-state index in [1.807, 2.05) is 0 Å². The summed E-state index contributed by atoms with van der Waals surface area (Å²) >= 11 is 7.58. The van der Waals surface area contributed by atoms with Crippen LogP contribution in [0.25, 0.3) is 54.2 Å². The molecule has 0 atom stereocenters. The van der Waals surface area contributed by atoms with Gasteiger partial charge in [0.1, 0.15) is 0 Å². The minimum atomic E-state index is 1.12. The Bertz CT molecular complexity index is 1610. The fourth-order valence-corrected chi connectivity index (χ4v) is 5.69. The fraction of sp³-hybridized carbons (Fsp3) is 0. The van der Waals surface area contributed by atoms with E-state index < -0.39 is 0 Å². The topological polar surface area (TPSA) is 0 Å². The smallest absolute Gasteiger partial charge is 0.0260 e. The van der Waals surface area contributed by atoms with Crippen LogP contribution in [0.2, 0.25) is 0 Å². The SMILES string of the molecule is Brc1ccc(-c2c3ccccc3cc3c2cc(Br)c2ccccc23)c2ccccc12. The van der Waals surface area contributed by atoms with E-state index in [1.54, 1.807) is 0 Å². The van der Waals surface area contributed by atoms with Crippen molar-refractivity contribution in [3.63, 3.8) is 0 Å². The van der Waals surface area contributed by atoms with E-state index in [9.17, 15) is 0 Å². The molecule has 2 heteroatoms. The quantitative estimate of drug-likeness (QED) is 0.152. The van der Waals surface area contributed by atoms with Gasteiger partial charge in [-0.3, -0.25) is 0 Å². The van der Waals surface area contributed by atoms with Gasteiger partial charge in [0.15, 0.2) is 0 Å². The third kappa shape index (κ3) is 2.64. The molecule has 0 saturated heterocycles. The minimum absolute atomic E-state index is 1.12. The second kappa shape index (κ2) is 6.94. The van der Waals surface area contributed by atoms with Crippen LogP contribution in [0.1, 0.15) is 0 Å². The van der Waals surface area contributed by atoms with Gasteiger partial charge in [0.2, 0.25) is 0 Å². The van der Waals surface area contributed by atoms with E-state index in [2.05, 4.69) is 129 Å². The van der Waals surface area contributed by atoms with Crippen LogP contribution in [0, 0.1) is 0 Å². The molecule has 0 saturated carbocycles. The molecule has 30 heavy (non-hydrogen) atoms. The summed E-state index contributed by atoms with van der Waals surface area (Å²) in [6, 6.07) is 35.0. The molecule has 0 amide bonds. The van der Waals surface area contributed by atoms with E-state index >= 15 is 0 Å². The molecule has 0 aromatic heterocycles. The highest BCUT2D eigenvalue weighted by atomic mass is 79.9. The van der Waals surface area contributed by atoms with E-state index in [4.69, 9.17) is 0 Å². The van der Waals surface area contributed by atoms with Crippen LogP contribution in [0.3, 0.4) is 0 Å². The maximum absolute atomic E-state index is 3.84. The molecule has 0 N–H and O–H groups in total. The van der Waals surface area contributed by atoms with Gasteiger partial charge in [0, 0.05) is 8.95 Å². The molecule has 0 bridgehead atoms. The lowest BCUT2D eigenvalue weighted by atomic mass is 9.88. The maximum atomic E-state index is 3.84. The summed E-state index contributed by atoms with van der Waals surface area (Å²) in [5.41, 5.74) is 2.55. The zero-order chi connectivity index (χ0) is 20.2. The van der Waals surface area contributed by atoms with Gasteiger partial charge in [0.25, 0.3) is 0 Å². The molecule has 6 rings (SSSR count). The Morgan fingerprint density at radius 1 is 0.400 bits per heavy atom. The van der Waals surface area contributed by atoms with E-state index in [0.717, 1.165) is 8.95 Å². The van der Waals surface area contributed by atoms with Crippen LogP contribution in [-0.4, -0.2) is 0 Å². The van der Waals surface area contributed by atoms with Crippen molar-refractivity contribution in [2.24, 2.45) is 0 Å². The van der Waals surface area contributed by atoms with Crippen molar-refractivity contribution in [2.45, 2.75) is 0 Å². The molecule has 0 nitrogen and oxygen atoms in total. The van der Waals surface area contributed by atoms with Crippen molar-refractivity contribution in [1.29, 1.82) is 0 Å². The second-order valence-electron chi connectivity index (χ2n) is 7.61. The molecular weight excluding hydrogens is 496 g/mol. The standard InChI is InChI=1S/C28H16Br2/c29-26-14-13-23(19-9-3-5-11-21(19)26)28-18-8-2-1-7-17(18)15-24-20-10-4-6-12-22(20)27(30)16-25(24)28/h1-16H. The molecule has 0 heterocycles.